The van der Waals surface area contributed by atoms with E-state index in [2.05, 4.69) is 0 Å². The lowest BCUT2D eigenvalue weighted by molar-refractivity contribution is 0.357. The molecule has 0 saturated carbocycles. The monoisotopic (exact) mass is 164 g/mol. The van der Waals surface area contributed by atoms with Crippen molar-refractivity contribution < 1.29 is 9.67 Å². The fraction of sp³-hybridized carbons (Fsp3) is 1.00. The molecule has 0 radical (unpaired) electrons. The van der Waals surface area contributed by atoms with Crippen molar-refractivity contribution >= 4 is 7.14 Å². The van der Waals surface area contributed by atoms with Crippen molar-refractivity contribution in [2.24, 2.45) is 0 Å². The molecule has 0 aliphatic rings. The summed E-state index contributed by atoms with van der Waals surface area (Å²) in [6, 6.07) is 0. The third kappa shape index (κ3) is 3.38. The highest BCUT2D eigenvalue weighted by atomic mass is 31.2. The zero-order valence-corrected chi connectivity index (χ0v) is 7.73. The third-order valence-electron chi connectivity index (χ3n) is 1.52. The van der Waals surface area contributed by atoms with Gasteiger partial charge in [0, 0.05) is 12.3 Å². The van der Waals surface area contributed by atoms with Crippen LogP contribution in [0.4, 0.5) is 0 Å². The van der Waals surface area contributed by atoms with Gasteiger partial charge in [0.15, 0.2) is 0 Å². The largest absolute Gasteiger partial charge is 0.389 e. The molecule has 62 valence electrons. The minimum atomic E-state index is -2.14. The smallest absolute Gasteiger partial charge is 0.112 e. The first-order valence-electron chi connectivity index (χ1n) is 3.86. The van der Waals surface area contributed by atoms with Crippen molar-refractivity contribution in [1.29, 1.82) is 0 Å². The van der Waals surface area contributed by atoms with Gasteiger partial charge in [-0.2, -0.15) is 0 Å². The molecule has 0 fully saturated rings. The minimum absolute atomic E-state index is 0.103. The second kappa shape index (κ2) is 4.92. The Labute approximate surface area is 63.0 Å². The van der Waals surface area contributed by atoms with Gasteiger partial charge in [-0.05, 0) is 12.8 Å². The van der Waals surface area contributed by atoms with Crippen LogP contribution in [-0.2, 0) is 4.57 Å². The Morgan fingerprint density at radius 2 is 1.60 bits per heavy atom. The average molecular weight is 164 g/mol. The van der Waals surface area contributed by atoms with Gasteiger partial charge in [0.05, 0.1) is 6.35 Å². The lowest BCUT2D eigenvalue weighted by Crippen LogP contribution is -1.97. The summed E-state index contributed by atoms with van der Waals surface area (Å²) in [6.45, 7) is 4.00. The van der Waals surface area contributed by atoms with Gasteiger partial charge in [0.2, 0.25) is 0 Å². The molecule has 0 aromatic heterocycles. The van der Waals surface area contributed by atoms with E-state index in [-0.39, 0.29) is 6.35 Å². The van der Waals surface area contributed by atoms with Crippen LogP contribution in [0.2, 0.25) is 0 Å². The normalized spacial score (nSPS) is 11.9. The summed E-state index contributed by atoms with van der Waals surface area (Å²) in [5.41, 5.74) is 0. The molecule has 0 aromatic rings. The summed E-state index contributed by atoms with van der Waals surface area (Å²) in [6.07, 6.45) is 3.14. The highest BCUT2D eigenvalue weighted by Crippen LogP contribution is 2.45. The Hall–Kier alpha value is 0.190. The molecule has 0 saturated heterocycles. The van der Waals surface area contributed by atoms with Gasteiger partial charge in [-0.25, -0.2) is 0 Å². The molecule has 0 bridgehead atoms. The lowest BCUT2D eigenvalue weighted by atomic mass is 10.6. The summed E-state index contributed by atoms with van der Waals surface area (Å²) >= 11 is 0. The number of aliphatic hydroxyl groups excluding tert-OH is 1. The van der Waals surface area contributed by atoms with Gasteiger partial charge in [-0.3, -0.25) is 0 Å². The van der Waals surface area contributed by atoms with Crippen molar-refractivity contribution in [3.05, 3.63) is 0 Å². The Bertz CT molecular complexity index is 113. The summed E-state index contributed by atoms with van der Waals surface area (Å²) < 4.78 is 11.5. The molecule has 10 heavy (non-hydrogen) atoms. The van der Waals surface area contributed by atoms with E-state index >= 15 is 0 Å². The molecule has 0 rings (SSSR count). The van der Waals surface area contributed by atoms with E-state index in [0.717, 1.165) is 12.8 Å². The van der Waals surface area contributed by atoms with E-state index in [1.807, 2.05) is 13.8 Å². The molecule has 0 amide bonds. The van der Waals surface area contributed by atoms with Crippen LogP contribution in [0.15, 0.2) is 0 Å². The maximum Gasteiger partial charge on any atom is 0.112 e. The highest BCUT2D eigenvalue weighted by molar-refractivity contribution is 7.63. The molecular formula is C7H17O2P. The third-order valence-corrected chi connectivity index (χ3v) is 4.56. The highest BCUT2D eigenvalue weighted by Gasteiger charge is 2.17. The van der Waals surface area contributed by atoms with Crippen LogP contribution in [0.5, 0.6) is 0 Å². The molecule has 0 aliphatic heterocycles. The van der Waals surface area contributed by atoms with E-state index in [1.165, 1.54) is 0 Å². The standard InChI is InChI=1S/C7H17O2P/c1-3-5-10(9,7-8)6-4-2/h8H,3-7H2,1-2H3. The maximum absolute atomic E-state index is 11.5. The second-order valence-electron chi connectivity index (χ2n) is 2.65. The zero-order chi connectivity index (χ0) is 8.04. The SMILES string of the molecule is CCCP(=O)(CO)CCC. The maximum atomic E-state index is 11.5. The van der Waals surface area contributed by atoms with E-state index in [9.17, 15) is 4.57 Å². The van der Waals surface area contributed by atoms with Crippen molar-refractivity contribution in [3.63, 3.8) is 0 Å². The predicted molar refractivity (Wildman–Crippen MR) is 45.0 cm³/mol. The lowest BCUT2D eigenvalue weighted by Gasteiger charge is -2.12. The zero-order valence-electron chi connectivity index (χ0n) is 6.84. The number of rotatable bonds is 5. The molecule has 0 spiro atoms. The van der Waals surface area contributed by atoms with Gasteiger partial charge in [0.25, 0.3) is 0 Å². The first kappa shape index (κ1) is 10.2. The number of hydrogen-bond acceptors (Lipinski definition) is 2. The van der Waals surface area contributed by atoms with Crippen molar-refractivity contribution in [2.75, 3.05) is 18.7 Å². The average Bonchev–Trinajstić information content (AvgIpc) is 1.89. The van der Waals surface area contributed by atoms with Gasteiger partial charge in [0.1, 0.15) is 7.14 Å². The predicted octanol–water partition coefficient (Wildman–Crippen LogP) is 2.12. The first-order chi connectivity index (χ1) is 4.68. The molecule has 0 unspecified atom stereocenters. The van der Waals surface area contributed by atoms with Crippen LogP contribution in [0.1, 0.15) is 26.7 Å². The summed E-state index contributed by atoms with van der Waals surface area (Å²) in [7, 11) is -2.14. The minimum Gasteiger partial charge on any atom is -0.389 e. The fourth-order valence-corrected chi connectivity index (χ4v) is 3.20. The Balaban J connectivity index is 3.83. The van der Waals surface area contributed by atoms with Gasteiger partial charge < -0.3 is 9.67 Å². The molecule has 3 heteroatoms. The van der Waals surface area contributed by atoms with E-state index in [0.29, 0.717) is 12.3 Å². The molecule has 0 aromatic carbocycles. The van der Waals surface area contributed by atoms with Crippen LogP contribution in [0.3, 0.4) is 0 Å². The van der Waals surface area contributed by atoms with Crippen LogP contribution >= 0.6 is 7.14 Å². The van der Waals surface area contributed by atoms with Gasteiger partial charge in [-0.15, -0.1) is 0 Å². The van der Waals surface area contributed by atoms with Gasteiger partial charge >= 0.3 is 0 Å². The Morgan fingerprint density at radius 3 is 1.80 bits per heavy atom. The van der Waals surface area contributed by atoms with Crippen LogP contribution < -0.4 is 0 Å². The molecule has 1 N–H and O–H groups in total. The quantitative estimate of drug-likeness (QED) is 0.632. The molecule has 0 atom stereocenters. The van der Waals surface area contributed by atoms with E-state index in [4.69, 9.17) is 5.11 Å². The fourth-order valence-electron chi connectivity index (χ4n) is 1.07. The molecule has 0 aliphatic carbocycles. The van der Waals surface area contributed by atoms with Crippen molar-refractivity contribution in [3.8, 4) is 0 Å². The van der Waals surface area contributed by atoms with Crippen molar-refractivity contribution in [1.82, 2.24) is 0 Å². The van der Waals surface area contributed by atoms with Crippen LogP contribution in [0, 0.1) is 0 Å². The molecule has 2 nitrogen and oxygen atoms in total. The second-order valence-corrected chi connectivity index (χ2v) is 5.94. The van der Waals surface area contributed by atoms with Gasteiger partial charge in [-0.1, -0.05) is 13.8 Å². The Morgan fingerprint density at radius 1 is 1.20 bits per heavy atom. The first-order valence-corrected chi connectivity index (χ1v) is 6.12. The topological polar surface area (TPSA) is 37.3 Å². The van der Waals surface area contributed by atoms with Crippen molar-refractivity contribution in [2.45, 2.75) is 26.7 Å². The Kier molecular flexibility index (Phi) is 5.02. The summed E-state index contributed by atoms with van der Waals surface area (Å²) in [5.74, 6) is 0. The molecule has 0 heterocycles. The van der Waals surface area contributed by atoms with Crippen LogP contribution in [0.25, 0.3) is 0 Å². The van der Waals surface area contributed by atoms with E-state index < -0.39 is 7.14 Å². The number of hydrogen-bond donors (Lipinski definition) is 1. The molecular weight excluding hydrogens is 147 g/mol. The van der Waals surface area contributed by atoms with Crippen LogP contribution in [-0.4, -0.2) is 23.8 Å². The summed E-state index contributed by atoms with van der Waals surface area (Å²) in [4.78, 5) is 0. The summed E-state index contributed by atoms with van der Waals surface area (Å²) in [5, 5.41) is 8.78. The van der Waals surface area contributed by atoms with E-state index in [1.54, 1.807) is 0 Å². The number of aliphatic hydroxyl groups is 1.